The van der Waals surface area contributed by atoms with E-state index in [1.807, 2.05) is 9.95 Å². The molecule has 0 amide bonds. The highest BCUT2D eigenvalue weighted by molar-refractivity contribution is 7.09. The molecule has 84 valence electrons. The molecule has 0 bridgehead atoms. The number of rotatable bonds is 4. The number of aryl methyl sites for hydroxylation is 1. The second-order valence-corrected chi connectivity index (χ2v) is 4.41. The van der Waals surface area contributed by atoms with Gasteiger partial charge in [-0.3, -0.25) is 0 Å². The fourth-order valence-electron chi connectivity index (χ4n) is 1.44. The molecular weight excluding hydrogens is 224 g/mol. The SMILES string of the molecule is CCc1nc(Cn2ccc(C(=O)O)c2)cs1. The van der Waals surface area contributed by atoms with Crippen molar-refractivity contribution in [1.82, 2.24) is 9.55 Å². The number of hydrogen-bond donors (Lipinski definition) is 1. The minimum atomic E-state index is -0.897. The van der Waals surface area contributed by atoms with Crippen LogP contribution in [0.2, 0.25) is 0 Å². The molecule has 0 aromatic carbocycles. The minimum Gasteiger partial charge on any atom is -0.478 e. The van der Waals surface area contributed by atoms with Gasteiger partial charge in [-0.1, -0.05) is 6.92 Å². The van der Waals surface area contributed by atoms with Crippen LogP contribution in [0.5, 0.6) is 0 Å². The van der Waals surface area contributed by atoms with Gasteiger partial charge in [0.15, 0.2) is 0 Å². The fourth-order valence-corrected chi connectivity index (χ4v) is 2.17. The van der Waals surface area contributed by atoms with Crippen LogP contribution in [0.15, 0.2) is 23.8 Å². The molecule has 2 heterocycles. The summed E-state index contributed by atoms with van der Waals surface area (Å²) in [7, 11) is 0. The maximum absolute atomic E-state index is 10.7. The van der Waals surface area contributed by atoms with Crippen molar-refractivity contribution in [3.8, 4) is 0 Å². The predicted octanol–water partition coefficient (Wildman–Crippen LogP) is 2.25. The Kier molecular flexibility index (Phi) is 3.05. The van der Waals surface area contributed by atoms with E-state index in [4.69, 9.17) is 5.11 Å². The van der Waals surface area contributed by atoms with Crippen molar-refractivity contribution in [2.24, 2.45) is 0 Å². The summed E-state index contributed by atoms with van der Waals surface area (Å²) in [5.74, 6) is -0.897. The number of hydrogen-bond acceptors (Lipinski definition) is 3. The lowest BCUT2D eigenvalue weighted by Crippen LogP contribution is -1.98. The molecule has 0 saturated carbocycles. The van der Waals surface area contributed by atoms with Crippen molar-refractivity contribution in [3.05, 3.63) is 40.1 Å². The Labute approximate surface area is 97.2 Å². The van der Waals surface area contributed by atoms with Gasteiger partial charge in [0.2, 0.25) is 0 Å². The van der Waals surface area contributed by atoms with E-state index in [0.717, 1.165) is 17.1 Å². The van der Waals surface area contributed by atoms with E-state index < -0.39 is 5.97 Å². The van der Waals surface area contributed by atoms with Crippen molar-refractivity contribution in [1.29, 1.82) is 0 Å². The van der Waals surface area contributed by atoms with Gasteiger partial charge >= 0.3 is 5.97 Å². The summed E-state index contributed by atoms with van der Waals surface area (Å²) in [4.78, 5) is 15.1. The third-order valence-electron chi connectivity index (χ3n) is 2.24. The van der Waals surface area contributed by atoms with Gasteiger partial charge in [-0.25, -0.2) is 9.78 Å². The standard InChI is InChI=1S/C11H12N2O2S/c1-2-10-12-9(7-16-10)6-13-4-3-8(5-13)11(14)15/h3-5,7H,2,6H2,1H3,(H,14,15). The van der Waals surface area contributed by atoms with Crippen LogP contribution in [0.1, 0.15) is 28.0 Å². The van der Waals surface area contributed by atoms with Crippen LogP contribution in [-0.4, -0.2) is 20.6 Å². The predicted molar refractivity (Wildman–Crippen MR) is 62.0 cm³/mol. The van der Waals surface area contributed by atoms with Crippen LogP contribution >= 0.6 is 11.3 Å². The van der Waals surface area contributed by atoms with Crippen molar-refractivity contribution >= 4 is 17.3 Å². The first-order valence-electron chi connectivity index (χ1n) is 5.01. The number of carboxylic acid groups (broad SMARTS) is 1. The van der Waals surface area contributed by atoms with Crippen molar-refractivity contribution < 1.29 is 9.90 Å². The number of carbonyl (C=O) groups is 1. The van der Waals surface area contributed by atoms with Crippen molar-refractivity contribution in [2.45, 2.75) is 19.9 Å². The number of aromatic nitrogens is 2. The van der Waals surface area contributed by atoms with Crippen LogP contribution in [0.25, 0.3) is 0 Å². The minimum absolute atomic E-state index is 0.311. The normalized spacial score (nSPS) is 10.6. The number of thiazole rings is 1. The maximum Gasteiger partial charge on any atom is 0.337 e. The van der Waals surface area contributed by atoms with Gasteiger partial charge in [0.05, 0.1) is 22.8 Å². The smallest absolute Gasteiger partial charge is 0.337 e. The molecule has 0 atom stereocenters. The molecule has 0 radical (unpaired) electrons. The Morgan fingerprint density at radius 2 is 2.44 bits per heavy atom. The Morgan fingerprint density at radius 3 is 3.00 bits per heavy atom. The monoisotopic (exact) mass is 236 g/mol. The molecule has 0 unspecified atom stereocenters. The number of aromatic carboxylic acids is 1. The molecular formula is C11H12N2O2S. The quantitative estimate of drug-likeness (QED) is 0.885. The number of nitrogens with zero attached hydrogens (tertiary/aromatic N) is 2. The van der Waals surface area contributed by atoms with E-state index in [2.05, 4.69) is 11.9 Å². The molecule has 5 heteroatoms. The second-order valence-electron chi connectivity index (χ2n) is 3.46. The lowest BCUT2D eigenvalue weighted by Gasteiger charge is -1.97. The molecule has 0 saturated heterocycles. The van der Waals surface area contributed by atoms with Crippen LogP contribution in [-0.2, 0) is 13.0 Å². The Morgan fingerprint density at radius 1 is 1.62 bits per heavy atom. The van der Waals surface area contributed by atoms with Crippen LogP contribution in [0, 0.1) is 0 Å². The van der Waals surface area contributed by atoms with Crippen LogP contribution < -0.4 is 0 Å². The van der Waals surface area contributed by atoms with Gasteiger partial charge in [-0.2, -0.15) is 0 Å². The van der Waals surface area contributed by atoms with E-state index in [-0.39, 0.29) is 0 Å². The van der Waals surface area contributed by atoms with E-state index in [1.54, 1.807) is 29.8 Å². The van der Waals surface area contributed by atoms with Gasteiger partial charge in [-0.05, 0) is 12.5 Å². The molecule has 2 aromatic rings. The van der Waals surface area contributed by atoms with Gasteiger partial charge < -0.3 is 9.67 Å². The van der Waals surface area contributed by atoms with Gasteiger partial charge in [0.25, 0.3) is 0 Å². The summed E-state index contributed by atoms with van der Waals surface area (Å²) in [6, 6.07) is 1.59. The van der Waals surface area contributed by atoms with Gasteiger partial charge in [0.1, 0.15) is 0 Å². The molecule has 1 N–H and O–H groups in total. The Balaban J connectivity index is 2.11. The summed E-state index contributed by atoms with van der Waals surface area (Å²) in [6.07, 6.45) is 4.32. The van der Waals surface area contributed by atoms with Gasteiger partial charge in [-0.15, -0.1) is 11.3 Å². The van der Waals surface area contributed by atoms with Gasteiger partial charge in [0, 0.05) is 17.8 Å². The molecule has 0 aliphatic rings. The zero-order valence-corrected chi connectivity index (χ0v) is 9.70. The van der Waals surface area contributed by atoms with Crippen LogP contribution in [0.4, 0.5) is 0 Å². The summed E-state index contributed by atoms with van der Waals surface area (Å²) in [5.41, 5.74) is 1.29. The maximum atomic E-state index is 10.7. The third-order valence-corrected chi connectivity index (χ3v) is 3.29. The highest BCUT2D eigenvalue weighted by Gasteiger charge is 2.06. The average Bonchev–Trinajstić information content (AvgIpc) is 2.87. The molecule has 0 aliphatic carbocycles. The summed E-state index contributed by atoms with van der Waals surface area (Å²) in [5, 5.41) is 11.9. The summed E-state index contributed by atoms with van der Waals surface area (Å²) < 4.78 is 1.83. The first-order valence-corrected chi connectivity index (χ1v) is 5.89. The lowest BCUT2D eigenvalue weighted by molar-refractivity contribution is 0.0697. The second kappa shape index (κ2) is 4.49. The Hall–Kier alpha value is -1.62. The Bertz CT molecular complexity index is 502. The third kappa shape index (κ3) is 2.30. The average molecular weight is 236 g/mol. The van der Waals surface area contributed by atoms with Crippen molar-refractivity contribution in [3.63, 3.8) is 0 Å². The number of carboxylic acids is 1. The van der Waals surface area contributed by atoms with E-state index >= 15 is 0 Å². The van der Waals surface area contributed by atoms with E-state index in [1.165, 1.54) is 0 Å². The summed E-state index contributed by atoms with van der Waals surface area (Å²) >= 11 is 1.64. The molecule has 16 heavy (non-hydrogen) atoms. The molecule has 0 fully saturated rings. The lowest BCUT2D eigenvalue weighted by atomic mass is 10.4. The zero-order valence-electron chi connectivity index (χ0n) is 8.88. The molecule has 4 nitrogen and oxygen atoms in total. The summed E-state index contributed by atoms with van der Waals surface area (Å²) in [6.45, 7) is 2.70. The molecule has 2 rings (SSSR count). The zero-order chi connectivity index (χ0) is 11.5. The molecule has 0 spiro atoms. The first-order chi connectivity index (χ1) is 7.69. The first kappa shape index (κ1) is 10.9. The molecule has 2 aromatic heterocycles. The highest BCUT2D eigenvalue weighted by Crippen LogP contribution is 2.12. The highest BCUT2D eigenvalue weighted by atomic mass is 32.1. The molecule has 0 aliphatic heterocycles. The fraction of sp³-hybridized carbons (Fsp3) is 0.273. The van der Waals surface area contributed by atoms with E-state index in [0.29, 0.717) is 12.1 Å². The van der Waals surface area contributed by atoms with E-state index in [9.17, 15) is 4.79 Å². The van der Waals surface area contributed by atoms with Crippen molar-refractivity contribution in [2.75, 3.05) is 0 Å². The van der Waals surface area contributed by atoms with Crippen LogP contribution in [0.3, 0.4) is 0 Å². The largest absolute Gasteiger partial charge is 0.478 e. The topological polar surface area (TPSA) is 55.1 Å².